The zero-order valence-electron chi connectivity index (χ0n) is 18.8. The van der Waals surface area contributed by atoms with Gasteiger partial charge >= 0.3 is 0 Å². The van der Waals surface area contributed by atoms with Crippen LogP contribution in [0.5, 0.6) is 0 Å². The largest absolute Gasteiger partial charge is 0.295 e. The van der Waals surface area contributed by atoms with E-state index in [0.717, 1.165) is 11.8 Å². The number of carbonyl (C=O) groups is 1. The zero-order chi connectivity index (χ0) is 20.1. The highest BCUT2D eigenvalue weighted by Crippen LogP contribution is 2.65. The van der Waals surface area contributed by atoms with E-state index in [-0.39, 0.29) is 11.7 Å². The van der Waals surface area contributed by atoms with Crippen LogP contribution < -0.4 is 0 Å². The molecular weight excluding hydrogens is 340 g/mol. The lowest BCUT2D eigenvalue weighted by Gasteiger charge is -2.54. The number of ketones is 1. The molecule has 4 aliphatic carbocycles. The summed E-state index contributed by atoms with van der Waals surface area (Å²) in [4.78, 5) is 12.1. The molecule has 6 atom stereocenters. The van der Waals surface area contributed by atoms with Gasteiger partial charge in [0.1, 0.15) is 0 Å². The average Bonchev–Trinajstić information content (AvgIpc) is 3.02. The van der Waals surface area contributed by atoms with Gasteiger partial charge in [0, 0.05) is 5.92 Å². The van der Waals surface area contributed by atoms with Crippen LogP contribution in [0, 0.1) is 40.4 Å². The minimum absolute atomic E-state index is 0.107. The number of allylic oxidation sites excluding steroid dienone is 6. The van der Waals surface area contributed by atoms with Crippen LogP contribution in [-0.4, -0.2) is 5.78 Å². The lowest BCUT2D eigenvalue weighted by molar-refractivity contribution is -0.117. The maximum Gasteiger partial charge on any atom is 0.157 e. The van der Waals surface area contributed by atoms with Gasteiger partial charge in [-0.3, -0.25) is 4.79 Å². The molecule has 0 heterocycles. The normalized spacial score (nSPS) is 41.1. The summed E-state index contributed by atoms with van der Waals surface area (Å²) in [5.74, 6) is 3.13. The summed E-state index contributed by atoms with van der Waals surface area (Å²) >= 11 is 0. The number of hydrogen-bond acceptors (Lipinski definition) is 1. The Hall–Kier alpha value is -1.11. The first-order valence-corrected chi connectivity index (χ1v) is 11.9. The van der Waals surface area contributed by atoms with E-state index in [2.05, 4.69) is 39.0 Å². The van der Waals surface area contributed by atoms with Gasteiger partial charge in [-0.1, -0.05) is 70.4 Å². The predicted octanol–water partition coefficient (Wildman–Crippen LogP) is 7.29. The van der Waals surface area contributed by atoms with E-state index in [0.29, 0.717) is 22.7 Å². The fourth-order valence-electron chi connectivity index (χ4n) is 7.51. The Morgan fingerprint density at radius 2 is 1.82 bits per heavy atom. The van der Waals surface area contributed by atoms with Crippen molar-refractivity contribution in [2.75, 3.05) is 0 Å². The molecule has 28 heavy (non-hydrogen) atoms. The molecule has 3 fully saturated rings. The van der Waals surface area contributed by atoms with Gasteiger partial charge in [0.15, 0.2) is 5.78 Å². The second-order valence-corrected chi connectivity index (χ2v) is 11.1. The Balaban J connectivity index is 1.57. The van der Waals surface area contributed by atoms with Crippen molar-refractivity contribution in [1.82, 2.24) is 0 Å². The highest BCUT2D eigenvalue weighted by Gasteiger charge is 2.56. The third-order valence-electron chi connectivity index (χ3n) is 9.33. The molecule has 0 radical (unpaired) electrons. The van der Waals surface area contributed by atoms with Gasteiger partial charge in [-0.25, -0.2) is 0 Å². The van der Waals surface area contributed by atoms with Crippen molar-refractivity contribution in [2.45, 2.75) is 86.0 Å². The topological polar surface area (TPSA) is 17.1 Å². The van der Waals surface area contributed by atoms with E-state index < -0.39 is 0 Å². The number of rotatable bonds is 4. The third-order valence-corrected chi connectivity index (χ3v) is 9.33. The molecule has 0 aromatic rings. The molecule has 0 aromatic heterocycles. The fraction of sp³-hybridized carbons (Fsp3) is 0.741. The average molecular weight is 381 g/mol. The SMILES string of the molecule is CC(C)C(=O)/C=C/[C@@H](C)[C@H]1CC[C@H]2C3=CC=C4CCCC[C@]4(C)[C@H]3CC[C@]12C. The van der Waals surface area contributed by atoms with E-state index in [1.807, 2.05) is 19.9 Å². The molecule has 1 heteroatoms. The minimum atomic E-state index is 0.107. The highest BCUT2D eigenvalue weighted by atomic mass is 16.1. The summed E-state index contributed by atoms with van der Waals surface area (Å²) in [7, 11) is 0. The number of carbonyl (C=O) groups excluding carboxylic acids is 1. The zero-order valence-corrected chi connectivity index (χ0v) is 18.8. The summed E-state index contributed by atoms with van der Waals surface area (Å²) in [5, 5.41) is 0. The molecule has 0 saturated heterocycles. The standard InChI is InChI=1S/C27H40O/c1-18(2)25(28)14-9-19(3)22-12-13-23-21-11-10-20-8-6-7-16-26(20,4)24(21)15-17-27(22,23)5/h9-11,14,18-19,22-24H,6-8,12-13,15-17H2,1-5H3/b14-9+/t19-,22-,23+,24+,26+,27-/m1/s1. The van der Waals surface area contributed by atoms with Crippen LogP contribution in [0.25, 0.3) is 0 Å². The lowest BCUT2D eigenvalue weighted by atomic mass is 9.50. The van der Waals surface area contributed by atoms with Crippen LogP contribution in [0.2, 0.25) is 0 Å². The van der Waals surface area contributed by atoms with E-state index in [1.165, 1.54) is 51.4 Å². The van der Waals surface area contributed by atoms with Crippen molar-refractivity contribution in [1.29, 1.82) is 0 Å². The molecule has 0 N–H and O–H groups in total. The van der Waals surface area contributed by atoms with Gasteiger partial charge in [0.05, 0.1) is 0 Å². The van der Waals surface area contributed by atoms with Crippen LogP contribution >= 0.6 is 0 Å². The summed E-state index contributed by atoms with van der Waals surface area (Å²) < 4.78 is 0. The Morgan fingerprint density at radius 3 is 2.57 bits per heavy atom. The number of hydrogen-bond donors (Lipinski definition) is 0. The maximum absolute atomic E-state index is 12.1. The van der Waals surface area contributed by atoms with E-state index in [9.17, 15) is 4.79 Å². The first-order chi connectivity index (χ1) is 13.3. The molecular formula is C27H40O. The van der Waals surface area contributed by atoms with Crippen LogP contribution in [0.4, 0.5) is 0 Å². The second-order valence-electron chi connectivity index (χ2n) is 11.1. The van der Waals surface area contributed by atoms with Crippen molar-refractivity contribution >= 4 is 5.78 Å². The van der Waals surface area contributed by atoms with Crippen LogP contribution in [0.1, 0.15) is 86.0 Å². The van der Waals surface area contributed by atoms with Gasteiger partial charge in [0.2, 0.25) is 0 Å². The Labute approximate surface area is 172 Å². The minimum Gasteiger partial charge on any atom is -0.295 e. The lowest BCUT2D eigenvalue weighted by Crippen LogP contribution is -2.45. The Bertz CT molecular complexity index is 723. The quantitative estimate of drug-likeness (QED) is 0.468. The fourth-order valence-corrected chi connectivity index (χ4v) is 7.51. The Morgan fingerprint density at radius 1 is 1.04 bits per heavy atom. The molecule has 0 spiro atoms. The van der Waals surface area contributed by atoms with Crippen molar-refractivity contribution < 1.29 is 4.79 Å². The summed E-state index contributed by atoms with van der Waals surface area (Å²) in [5.41, 5.74) is 4.38. The molecule has 4 aliphatic rings. The summed E-state index contributed by atoms with van der Waals surface area (Å²) in [6.45, 7) is 11.5. The molecule has 154 valence electrons. The van der Waals surface area contributed by atoms with Crippen molar-refractivity contribution in [2.24, 2.45) is 40.4 Å². The first-order valence-electron chi connectivity index (χ1n) is 11.9. The van der Waals surface area contributed by atoms with Crippen LogP contribution in [0.3, 0.4) is 0 Å². The van der Waals surface area contributed by atoms with Crippen LogP contribution in [-0.2, 0) is 4.79 Å². The molecule has 0 aliphatic heterocycles. The van der Waals surface area contributed by atoms with Gasteiger partial charge in [-0.05, 0) is 85.5 Å². The van der Waals surface area contributed by atoms with Gasteiger partial charge < -0.3 is 0 Å². The first kappa shape index (κ1) is 20.2. The molecule has 0 aromatic carbocycles. The summed E-state index contributed by atoms with van der Waals surface area (Å²) in [6, 6.07) is 0. The van der Waals surface area contributed by atoms with Gasteiger partial charge in [-0.2, -0.15) is 0 Å². The number of fused-ring (bicyclic) bond motifs is 5. The van der Waals surface area contributed by atoms with Crippen molar-refractivity contribution in [3.05, 3.63) is 35.5 Å². The van der Waals surface area contributed by atoms with Gasteiger partial charge in [-0.15, -0.1) is 0 Å². The molecule has 0 bridgehead atoms. The van der Waals surface area contributed by atoms with E-state index in [4.69, 9.17) is 0 Å². The highest BCUT2D eigenvalue weighted by molar-refractivity contribution is 5.91. The smallest absolute Gasteiger partial charge is 0.157 e. The molecule has 4 rings (SSSR count). The van der Waals surface area contributed by atoms with Gasteiger partial charge in [0.25, 0.3) is 0 Å². The predicted molar refractivity (Wildman–Crippen MR) is 118 cm³/mol. The van der Waals surface area contributed by atoms with Crippen LogP contribution in [0.15, 0.2) is 35.5 Å². The molecule has 0 unspecified atom stereocenters. The monoisotopic (exact) mass is 380 g/mol. The summed E-state index contributed by atoms with van der Waals surface area (Å²) in [6.07, 6.45) is 20.1. The molecule has 3 saturated carbocycles. The maximum atomic E-state index is 12.1. The Kier molecular flexibility index (Phi) is 5.26. The van der Waals surface area contributed by atoms with E-state index in [1.54, 1.807) is 11.1 Å². The second kappa shape index (κ2) is 7.29. The third kappa shape index (κ3) is 3.08. The molecule has 0 amide bonds. The molecule has 1 nitrogen and oxygen atoms in total. The van der Waals surface area contributed by atoms with Crippen molar-refractivity contribution in [3.63, 3.8) is 0 Å². The van der Waals surface area contributed by atoms with E-state index >= 15 is 0 Å². The van der Waals surface area contributed by atoms with Crippen molar-refractivity contribution in [3.8, 4) is 0 Å².